The first-order valence-electron chi connectivity index (χ1n) is 10.1. The van der Waals surface area contributed by atoms with Gasteiger partial charge in [0, 0.05) is 49.5 Å². The zero-order chi connectivity index (χ0) is 23.1. The van der Waals surface area contributed by atoms with Crippen molar-refractivity contribution in [3.05, 3.63) is 65.5 Å². The van der Waals surface area contributed by atoms with Gasteiger partial charge in [-0.1, -0.05) is 17.7 Å². The Labute approximate surface area is 191 Å². The number of aromatic hydroxyl groups is 1. The number of aromatic amines is 1. The number of hydrogen-bond acceptors (Lipinski definition) is 6. The quantitative estimate of drug-likeness (QED) is 0.474. The molecule has 5 rings (SSSR count). The molecule has 0 bridgehead atoms. The maximum atomic E-state index is 15.5. The fraction of sp³-hybridized carbons (Fsp3) is 0.182. The minimum Gasteiger partial charge on any atom is -0.507 e. The van der Waals surface area contributed by atoms with Gasteiger partial charge in [0.05, 0.1) is 10.6 Å². The number of phenolic OH excluding ortho intramolecular Hbond substituents is 1. The summed E-state index contributed by atoms with van der Waals surface area (Å²) >= 11 is 6.36. The van der Waals surface area contributed by atoms with E-state index in [1.165, 1.54) is 30.7 Å². The van der Waals surface area contributed by atoms with Crippen molar-refractivity contribution in [1.82, 2.24) is 24.8 Å². The summed E-state index contributed by atoms with van der Waals surface area (Å²) in [5, 5.41) is 10.4. The van der Waals surface area contributed by atoms with Gasteiger partial charge in [0.2, 0.25) is 0 Å². The van der Waals surface area contributed by atoms with Crippen molar-refractivity contribution in [2.24, 2.45) is 0 Å². The normalized spacial score (nSPS) is 14.2. The van der Waals surface area contributed by atoms with Crippen molar-refractivity contribution in [3.63, 3.8) is 0 Å². The fourth-order valence-electron chi connectivity index (χ4n) is 4.01. The van der Waals surface area contributed by atoms with Gasteiger partial charge in [-0.25, -0.2) is 23.7 Å². The van der Waals surface area contributed by atoms with Crippen LogP contribution in [0.3, 0.4) is 0 Å². The molecule has 33 heavy (non-hydrogen) atoms. The average molecular weight is 471 g/mol. The number of carbonyl (C=O) groups is 1. The van der Waals surface area contributed by atoms with Crippen LogP contribution in [0.15, 0.2) is 43.0 Å². The van der Waals surface area contributed by atoms with Crippen molar-refractivity contribution in [1.29, 1.82) is 0 Å². The van der Waals surface area contributed by atoms with E-state index in [1.54, 1.807) is 11.1 Å². The third-order valence-electron chi connectivity index (χ3n) is 5.61. The van der Waals surface area contributed by atoms with E-state index in [-0.39, 0.29) is 33.4 Å². The molecule has 0 unspecified atom stereocenters. The predicted octanol–water partition coefficient (Wildman–Crippen LogP) is 3.62. The van der Waals surface area contributed by atoms with Crippen LogP contribution in [-0.2, 0) is 0 Å². The first-order chi connectivity index (χ1) is 16.0. The number of anilines is 1. The number of H-pyrrole nitrogens is 1. The minimum atomic E-state index is -0.854. The van der Waals surface area contributed by atoms with E-state index in [1.807, 2.05) is 4.90 Å². The summed E-state index contributed by atoms with van der Waals surface area (Å²) in [4.78, 5) is 31.2. The summed E-state index contributed by atoms with van der Waals surface area (Å²) in [5.74, 6) is -1.56. The summed E-state index contributed by atoms with van der Waals surface area (Å²) in [6.07, 6.45) is 4.33. The van der Waals surface area contributed by atoms with Crippen LogP contribution in [0.1, 0.15) is 10.6 Å². The van der Waals surface area contributed by atoms with Gasteiger partial charge in [0.1, 0.15) is 29.2 Å². The Balaban J connectivity index is 1.49. The Kier molecular flexibility index (Phi) is 5.29. The second kappa shape index (κ2) is 8.28. The largest absolute Gasteiger partial charge is 0.507 e. The van der Waals surface area contributed by atoms with Crippen molar-refractivity contribution in [2.45, 2.75) is 0 Å². The highest BCUT2D eigenvalue weighted by molar-refractivity contribution is 6.34. The maximum Gasteiger partial charge on any atom is 0.289 e. The number of carbonyl (C=O) groups excluding carboxylic acids is 1. The van der Waals surface area contributed by atoms with Gasteiger partial charge in [0.15, 0.2) is 11.6 Å². The monoisotopic (exact) mass is 470 g/mol. The number of phenols is 1. The number of aromatic nitrogens is 4. The van der Waals surface area contributed by atoms with Crippen LogP contribution in [0.5, 0.6) is 5.75 Å². The number of nitrogens with zero attached hydrogens (tertiary/aromatic N) is 5. The molecule has 1 amide bonds. The molecule has 1 aliphatic heterocycles. The van der Waals surface area contributed by atoms with E-state index in [4.69, 9.17) is 11.6 Å². The highest BCUT2D eigenvalue weighted by Gasteiger charge is 2.27. The molecule has 8 nitrogen and oxygen atoms in total. The van der Waals surface area contributed by atoms with Crippen LogP contribution in [0.2, 0.25) is 5.02 Å². The lowest BCUT2D eigenvalue weighted by atomic mass is 10.0. The number of hydrogen-bond donors (Lipinski definition) is 2. The molecule has 2 N–H and O–H groups in total. The van der Waals surface area contributed by atoms with Crippen LogP contribution >= 0.6 is 11.6 Å². The summed E-state index contributed by atoms with van der Waals surface area (Å²) in [5.41, 5.74) is -0.637. The Morgan fingerprint density at radius 2 is 1.88 bits per heavy atom. The summed E-state index contributed by atoms with van der Waals surface area (Å²) < 4.78 is 29.9. The molecule has 0 atom stereocenters. The Morgan fingerprint density at radius 1 is 1.09 bits per heavy atom. The second-order valence-electron chi connectivity index (χ2n) is 7.49. The highest BCUT2D eigenvalue weighted by atomic mass is 35.5. The first-order valence-corrected chi connectivity index (χ1v) is 10.5. The molecule has 0 aliphatic carbocycles. The lowest BCUT2D eigenvalue weighted by molar-refractivity contribution is 0.0735. The van der Waals surface area contributed by atoms with E-state index in [0.29, 0.717) is 37.4 Å². The molecule has 2 aromatic heterocycles. The Bertz CT molecular complexity index is 1340. The maximum absolute atomic E-state index is 15.5. The summed E-state index contributed by atoms with van der Waals surface area (Å²) in [6, 6.07) is 5.16. The summed E-state index contributed by atoms with van der Waals surface area (Å²) in [7, 11) is 0. The predicted molar refractivity (Wildman–Crippen MR) is 118 cm³/mol. The number of imidazole rings is 1. The lowest BCUT2D eigenvalue weighted by Gasteiger charge is -2.35. The third kappa shape index (κ3) is 3.62. The molecule has 2 aromatic carbocycles. The van der Waals surface area contributed by atoms with Crippen LogP contribution in [0, 0.1) is 11.6 Å². The van der Waals surface area contributed by atoms with Crippen LogP contribution in [0.25, 0.3) is 22.0 Å². The SMILES string of the molecule is O=C(c1ncc[nH]1)N1CCN(c2ncnc3c(F)c(-c4c(O)cccc4F)c(Cl)cc23)CC1. The molecular formula is C22H17ClF2N6O2. The molecule has 0 saturated carbocycles. The second-order valence-corrected chi connectivity index (χ2v) is 7.90. The van der Waals surface area contributed by atoms with Gasteiger partial charge in [-0.2, -0.15) is 0 Å². The van der Waals surface area contributed by atoms with Gasteiger partial charge in [-0.3, -0.25) is 4.79 Å². The molecule has 0 spiro atoms. The highest BCUT2D eigenvalue weighted by Crippen LogP contribution is 2.42. The van der Waals surface area contributed by atoms with E-state index < -0.39 is 17.4 Å². The standard InChI is InChI=1S/C22H17ClF2N6O2/c23-13-10-12-19(18(25)16(13)17-14(24)2-1-3-15(17)32)28-11-29-21(12)30-6-8-31(9-7-30)22(33)20-26-4-5-27-20/h1-5,10-11,32H,6-9H2,(H,26,27). The number of piperazine rings is 1. The van der Waals surface area contributed by atoms with E-state index >= 15 is 4.39 Å². The van der Waals surface area contributed by atoms with Crippen LogP contribution in [-0.4, -0.2) is 62.0 Å². The average Bonchev–Trinajstić information content (AvgIpc) is 3.35. The van der Waals surface area contributed by atoms with E-state index in [0.717, 1.165) is 6.07 Å². The zero-order valence-electron chi connectivity index (χ0n) is 17.1. The number of nitrogens with one attached hydrogen (secondary N) is 1. The lowest BCUT2D eigenvalue weighted by Crippen LogP contribution is -2.49. The molecule has 3 heterocycles. The topological polar surface area (TPSA) is 98.2 Å². The minimum absolute atomic E-state index is 0.0452. The Hall–Kier alpha value is -3.79. The first kappa shape index (κ1) is 21.1. The zero-order valence-corrected chi connectivity index (χ0v) is 17.9. The number of amides is 1. The van der Waals surface area contributed by atoms with Gasteiger partial charge in [0.25, 0.3) is 5.91 Å². The van der Waals surface area contributed by atoms with Crippen molar-refractivity contribution in [3.8, 4) is 16.9 Å². The van der Waals surface area contributed by atoms with Gasteiger partial charge in [-0.15, -0.1) is 0 Å². The van der Waals surface area contributed by atoms with Crippen molar-refractivity contribution >= 4 is 34.2 Å². The van der Waals surface area contributed by atoms with E-state index in [9.17, 15) is 14.3 Å². The third-order valence-corrected chi connectivity index (χ3v) is 5.91. The number of rotatable bonds is 3. The molecule has 168 valence electrons. The van der Waals surface area contributed by atoms with Gasteiger partial charge >= 0.3 is 0 Å². The molecule has 4 aromatic rings. The van der Waals surface area contributed by atoms with Gasteiger partial charge < -0.3 is 19.9 Å². The van der Waals surface area contributed by atoms with E-state index in [2.05, 4.69) is 19.9 Å². The molecule has 1 saturated heterocycles. The number of benzene rings is 2. The molecule has 1 aliphatic rings. The molecule has 1 fully saturated rings. The Morgan fingerprint density at radius 3 is 2.58 bits per heavy atom. The van der Waals surface area contributed by atoms with Crippen LogP contribution in [0.4, 0.5) is 14.6 Å². The molecule has 0 radical (unpaired) electrons. The smallest absolute Gasteiger partial charge is 0.289 e. The van der Waals surface area contributed by atoms with Crippen molar-refractivity contribution < 1.29 is 18.7 Å². The molecule has 11 heteroatoms. The fourth-order valence-corrected chi connectivity index (χ4v) is 4.30. The summed E-state index contributed by atoms with van der Waals surface area (Å²) in [6.45, 7) is 1.74. The van der Waals surface area contributed by atoms with Gasteiger partial charge in [-0.05, 0) is 18.2 Å². The number of fused-ring (bicyclic) bond motifs is 1. The van der Waals surface area contributed by atoms with Crippen molar-refractivity contribution in [2.75, 3.05) is 31.1 Å². The molecular weight excluding hydrogens is 454 g/mol. The number of halogens is 3. The van der Waals surface area contributed by atoms with Crippen LogP contribution < -0.4 is 4.90 Å².